The zero-order valence-corrected chi connectivity index (χ0v) is 12.5. The number of hydrogen-bond acceptors (Lipinski definition) is 3. The summed E-state index contributed by atoms with van der Waals surface area (Å²) in [6.07, 6.45) is 3.36. The third kappa shape index (κ3) is 4.97. The summed E-state index contributed by atoms with van der Waals surface area (Å²) in [5.74, 6) is 6.20. The number of piperazine rings is 1. The van der Waals surface area contributed by atoms with Crippen molar-refractivity contribution in [2.45, 2.75) is 45.2 Å². The van der Waals surface area contributed by atoms with Crippen molar-refractivity contribution in [1.29, 1.82) is 0 Å². The van der Waals surface area contributed by atoms with E-state index < -0.39 is 0 Å². The van der Waals surface area contributed by atoms with Crippen LogP contribution in [-0.4, -0.2) is 62.2 Å². The van der Waals surface area contributed by atoms with Gasteiger partial charge in [-0.1, -0.05) is 6.92 Å². The quantitative estimate of drug-likeness (QED) is 0.720. The topological polar surface area (TPSA) is 18.5 Å². The summed E-state index contributed by atoms with van der Waals surface area (Å²) in [7, 11) is 4.48. The van der Waals surface area contributed by atoms with Crippen LogP contribution in [0, 0.1) is 11.8 Å². The number of nitrogens with zero attached hydrogens (tertiary/aromatic N) is 2. The summed E-state index contributed by atoms with van der Waals surface area (Å²) in [6, 6.07) is 1.19. The maximum atomic E-state index is 3.71. The molecule has 2 atom stereocenters. The lowest BCUT2D eigenvalue weighted by atomic mass is 9.99. The van der Waals surface area contributed by atoms with E-state index in [0.29, 0.717) is 12.1 Å². The zero-order chi connectivity index (χ0) is 13.4. The Labute approximate surface area is 113 Å². The Hall–Kier alpha value is -0.560. The van der Waals surface area contributed by atoms with E-state index in [1.54, 1.807) is 0 Å². The van der Waals surface area contributed by atoms with E-state index in [2.05, 4.69) is 48.0 Å². The van der Waals surface area contributed by atoms with Gasteiger partial charge in [-0.15, -0.1) is 11.8 Å². The Balaban J connectivity index is 2.56. The second kappa shape index (κ2) is 8.53. The maximum absolute atomic E-state index is 3.71. The van der Waals surface area contributed by atoms with Crippen molar-refractivity contribution in [2.24, 2.45) is 0 Å². The maximum Gasteiger partial charge on any atom is 0.0374 e. The molecule has 3 heteroatoms. The van der Waals surface area contributed by atoms with Gasteiger partial charge in [0, 0.05) is 38.1 Å². The molecule has 1 fully saturated rings. The van der Waals surface area contributed by atoms with E-state index >= 15 is 0 Å². The molecule has 0 bridgehead atoms. The monoisotopic (exact) mass is 251 g/mol. The summed E-state index contributed by atoms with van der Waals surface area (Å²) in [4.78, 5) is 4.95. The minimum atomic E-state index is 0.568. The van der Waals surface area contributed by atoms with E-state index in [1.807, 2.05) is 6.92 Å². The van der Waals surface area contributed by atoms with Crippen LogP contribution in [0.3, 0.4) is 0 Å². The average Bonchev–Trinajstić information content (AvgIpc) is 2.37. The van der Waals surface area contributed by atoms with Gasteiger partial charge < -0.3 is 10.2 Å². The molecule has 1 saturated heterocycles. The van der Waals surface area contributed by atoms with Crippen molar-refractivity contribution < 1.29 is 0 Å². The van der Waals surface area contributed by atoms with E-state index in [-0.39, 0.29) is 0 Å². The molecule has 0 saturated carbocycles. The van der Waals surface area contributed by atoms with Crippen molar-refractivity contribution >= 4 is 0 Å². The molecule has 0 radical (unpaired) electrons. The van der Waals surface area contributed by atoms with Crippen LogP contribution >= 0.6 is 0 Å². The standard InChI is InChI=1S/C15H29N3/c1-5-7-8-9-14(16-10-6-2)15-13-17(3)11-12-18(15)4/h14-16H,6,8-13H2,1-4H3. The van der Waals surface area contributed by atoms with Crippen LogP contribution in [0.1, 0.15) is 33.1 Å². The highest BCUT2D eigenvalue weighted by Gasteiger charge is 2.28. The largest absolute Gasteiger partial charge is 0.312 e. The second-order valence-corrected chi connectivity index (χ2v) is 5.34. The highest BCUT2D eigenvalue weighted by atomic mass is 15.3. The SMILES string of the molecule is CC#CCCC(NCCC)C1CN(C)CCN1C. The molecule has 2 unspecified atom stereocenters. The molecule has 0 amide bonds. The Bertz CT molecular complexity index is 279. The van der Waals surface area contributed by atoms with E-state index in [9.17, 15) is 0 Å². The van der Waals surface area contributed by atoms with E-state index in [0.717, 1.165) is 25.9 Å². The fraction of sp³-hybridized carbons (Fsp3) is 0.867. The highest BCUT2D eigenvalue weighted by molar-refractivity contribution is 4.98. The number of nitrogens with one attached hydrogen (secondary N) is 1. The molecule has 1 aliphatic rings. The molecule has 0 aliphatic carbocycles. The lowest BCUT2D eigenvalue weighted by Crippen LogP contribution is -2.58. The molecule has 0 spiro atoms. The van der Waals surface area contributed by atoms with Crippen LogP contribution in [0.5, 0.6) is 0 Å². The second-order valence-electron chi connectivity index (χ2n) is 5.34. The number of likely N-dealkylation sites (N-methyl/N-ethyl adjacent to an activating group) is 2. The number of rotatable bonds is 6. The Morgan fingerprint density at radius 2 is 2.11 bits per heavy atom. The first-order chi connectivity index (χ1) is 8.69. The summed E-state index contributed by atoms with van der Waals surface area (Å²) in [5.41, 5.74) is 0. The Morgan fingerprint density at radius 3 is 2.78 bits per heavy atom. The first-order valence-corrected chi connectivity index (χ1v) is 7.20. The molecule has 0 aromatic carbocycles. The minimum absolute atomic E-state index is 0.568. The molecule has 18 heavy (non-hydrogen) atoms. The van der Waals surface area contributed by atoms with Gasteiger partial charge in [0.1, 0.15) is 0 Å². The predicted molar refractivity (Wildman–Crippen MR) is 78.7 cm³/mol. The van der Waals surface area contributed by atoms with Crippen molar-refractivity contribution in [3.05, 3.63) is 0 Å². The highest BCUT2D eigenvalue weighted by Crippen LogP contribution is 2.14. The van der Waals surface area contributed by atoms with Gasteiger partial charge in [0.05, 0.1) is 0 Å². The predicted octanol–water partition coefficient (Wildman–Crippen LogP) is 1.40. The molecular formula is C15H29N3. The molecule has 0 aromatic heterocycles. The molecule has 1 rings (SSSR count). The zero-order valence-electron chi connectivity index (χ0n) is 12.5. The number of hydrogen-bond donors (Lipinski definition) is 1. The van der Waals surface area contributed by atoms with Crippen LogP contribution in [-0.2, 0) is 0 Å². The fourth-order valence-corrected chi connectivity index (χ4v) is 2.59. The van der Waals surface area contributed by atoms with Crippen LogP contribution < -0.4 is 5.32 Å². The third-order valence-corrected chi connectivity index (χ3v) is 3.78. The molecule has 1 heterocycles. The first-order valence-electron chi connectivity index (χ1n) is 7.20. The molecule has 104 valence electrons. The van der Waals surface area contributed by atoms with Gasteiger partial charge in [-0.05, 0) is 40.4 Å². The molecular weight excluding hydrogens is 222 g/mol. The van der Waals surface area contributed by atoms with E-state index in [1.165, 1.54) is 19.5 Å². The Morgan fingerprint density at radius 1 is 1.33 bits per heavy atom. The lowest BCUT2D eigenvalue weighted by molar-refractivity contribution is 0.0857. The Kier molecular flexibility index (Phi) is 7.34. The molecule has 1 N–H and O–H groups in total. The smallest absolute Gasteiger partial charge is 0.0374 e. The van der Waals surface area contributed by atoms with E-state index in [4.69, 9.17) is 0 Å². The average molecular weight is 251 g/mol. The summed E-state index contributed by atoms with van der Waals surface area (Å²) in [5, 5.41) is 3.71. The van der Waals surface area contributed by atoms with Crippen LogP contribution in [0.4, 0.5) is 0 Å². The third-order valence-electron chi connectivity index (χ3n) is 3.78. The van der Waals surface area contributed by atoms with Gasteiger partial charge in [0.25, 0.3) is 0 Å². The van der Waals surface area contributed by atoms with Gasteiger partial charge in [0.2, 0.25) is 0 Å². The normalized spacial score (nSPS) is 23.4. The summed E-state index contributed by atoms with van der Waals surface area (Å²) < 4.78 is 0. The van der Waals surface area contributed by atoms with Gasteiger partial charge in [-0.25, -0.2) is 0 Å². The van der Waals surface area contributed by atoms with Gasteiger partial charge in [-0.2, -0.15) is 0 Å². The van der Waals surface area contributed by atoms with Crippen molar-refractivity contribution in [2.75, 3.05) is 40.3 Å². The van der Waals surface area contributed by atoms with Crippen molar-refractivity contribution in [3.63, 3.8) is 0 Å². The lowest BCUT2D eigenvalue weighted by Gasteiger charge is -2.42. The fourth-order valence-electron chi connectivity index (χ4n) is 2.59. The first kappa shape index (κ1) is 15.5. The summed E-state index contributed by atoms with van der Waals surface area (Å²) >= 11 is 0. The molecule has 0 aromatic rings. The minimum Gasteiger partial charge on any atom is -0.312 e. The van der Waals surface area contributed by atoms with Crippen LogP contribution in [0.2, 0.25) is 0 Å². The van der Waals surface area contributed by atoms with Crippen molar-refractivity contribution in [3.8, 4) is 11.8 Å². The molecule has 1 aliphatic heterocycles. The van der Waals surface area contributed by atoms with Crippen molar-refractivity contribution in [1.82, 2.24) is 15.1 Å². The van der Waals surface area contributed by atoms with Gasteiger partial charge in [0.15, 0.2) is 0 Å². The summed E-state index contributed by atoms with van der Waals surface area (Å²) in [6.45, 7) is 8.78. The van der Waals surface area contributed by atoms with Gasteiger partial charge in [-0.3, -0.25) is 4.90 Å². The van der Waals surface area contributed by atoms with Gasteiger partial charge >= 0.3 is 0 Å². The van der Waals surface area contributed by atoms with Crippen LogP contribution in [0.25, 0.3) is 0 Å². The van der Waals surface area contributed by atoms with Crippen LogP contribution in [0.15, 0.2) is 0 Å². The molecule has 3 nitrogen and oxygen atoms in total.